The van der Waals surface area contributed by atoms with Gasteiger partial charge in [0, 0.05) is 17.2 Å². The predicted octanol–water partition coefficient (Wildman–Crippen LogP) is 2.66. The minimum Gasteiger partial charge on any atom is -0.468 e. The fraction of sp³-hybridized carbons (Fsp3) is 0.500. The van der Waals surface area contributed by atoms with Crippen LogP contribution in [0.1, 0.15) is 13.3 Å². The molecule has 0 aliphatic carbocycles. The highest BCUT2D eigenvalue weighted by atomic mass is 32.2. The molecule has 0 bridgehead atoms. The van der Waals surface area contributed by atoms with Crippen molar-refractivity contribution in [2.24, 2.45) is 0 Å². The first-order valence-electron chi connectivity index (χ1n) is 6.23. The third-order valence-corrected chi connectivity index (χ3v) is 3.53. The lowest BCUT2D eigenvalue weighted by molar-refractivity contribution is -0.141. The maximum atomic E-state index is 11.3. The molecule has 0 aliphatic rings. The van der Waals surface area contributed by atoms with Gasteiger partial charge in [0.25, 0.3) is 0 Å². The van der Waals surface area contributed by atoms with Gasteiger partial charge in [-0.1, -0.05) is 25.1 Å². The first kappa shape index (κ1) is 15.1. The summed E-state index contributed by atoms with van der Waals surface area (Å²) in [4.78, 5) is 14.7. The van der Waals surface area contributed by atoms with Gasteiger partial charge in [0.05, 0.1) is 13.7 Å². The van der Waals surface area contributed by atoms with E-state index in [9.17, 15) is 4.79 Å². The van der Waals surface area contributed by atoms with Crippen LogP contribution < -0.4 is 0 Å². The molecule has 0 atom stereocenters. The predicted molar refractivity (Wildman–Crippen MR) is 75.9 cm³/mol. The number of hydrogen-bond donors (Lipinski definition) is 0. The van der Waals surface area contributed by atoms with Crippen molar-refractivity contribution in [2.75, 3.05) is 32.5 Å². The van der Waals surface area contributed by atoms with Gasteiger partial charge < -0.3 is 4.74 Å². The van der Waals surface area contributed by atoms with Crippen LogP contribution >= 0.6 is 11.8 Å². The number of ether oxygens (including phenoxy) is 1. The highest BCUT2D eigenvalue weighted by Crippen LogP contribution is 2.16. The first-order valence-corrected chi connectivity index (χ1v) is 7.21. The standard InChI is InChI=1S/C14H21NO2S/c1-3-9-15(12-14(16)17-2)10-11-18-13-7-5-4-6-8-13/h4-8H,3,9-12H2,1-2H3. The molecule has 0 fully saturated rings. The van der Waals surface area contributed by atoms with Gasteiger partial charge in [-0.05, 0) is 25.1 Å². The van der Waals surface area contributed by atoms with Crippen molar-refractivity contribution in [1.29, 1.82) is 0 Å². The maximum Gasteiger partial charge on any atom is 0.319 e. The molecule has 0 amide bonds. The number of rotatable bonds is 8. The Bertz CT molecular complexity index is 343. The Morgan fingerprint density at radius 1 is 1.28 bits per heavy atom. The van der Waals surface area contributed by atoms with Gasteiger partial charge in [0.15, 0.2) is 0 Å². The average molecular weight is 267 g/mol. The summed E-state index contributed by atoms with van der Waals surface area (Å²) in [6, 6.07) is 10.3. The summed E-state index contributed by atoms with van der Waals surface area (Å²) >= 11 is 1.82. The average Bonchev–Trinajstić information content (AvgIpc) is 2.40. The van der Waals surface area contributed by atoms with Crippen LogP contribution in [-0.4, -0.2) is 43.4 Å². The molecule has 0 aromatic heterocycles. The maximum absolute atomic E-state index is 11.3. The molecule has 4 heteroatoms. The van der Waals surface area contributed by atoms with Crippen molar-refractivity contribution >= 4 is 17.7 Å². The quantitative estimate of drug-likeness (QED) is 0.535. The summed E-state index contributed by atoms with van der Waals surface area (Å²) < 4.78 is 4.70. The monoisotopic (exact) mass is 267 g/mol. The van der Waals surface area contributed by atoms with E-state index in [1.54, 1.807) is 0 Å². The smallest absolute Gasteiger partial charge is 0.319 e. The normalized spacial score (nSPS) is 10.6. The van der Waals surface area contributed by atoms with E-state index in [-0.39, 0.29) is 5.97 Å². The van der Waals surface area contributed by atoms with Gasteiger partial charge >= 0.3 is 5.97 Å². The lowest BCUT2D eigenvalue weighted by atomic mass is 10.4. The van der Waals surface area contributed by atoms with E-state index in [2.05, 4.69) is 24.0 Å². The number of benzene rings is 1. The largest absolute Gasteiger partial charge is 0.468 e. The molecule has 1 aromatic carbocycles. The van der Waals surface area contributed by atoms with Gasteiger partial charge in [-0.2, -0.15) is 0 Å². The van der Waals surface area contributed by atoms with E-state index in [1.165, 1.54) is 12.0 Å². The lowest BCUT2D eigenvalue weighted by Crippen LogP contribution is -2.33. The summed E-state index contributed by atoms with van der Waals surface area (Å²) in [5.74, 6) is 0.828. The van der Waals surface area contributed by atoms with E-state index in [1.807, 2.05) is 30.0 Å². The van der Waals surface area contributed by atoms with Gasteiger partial charge in [-0.15, -0.1) is 11.8 Å². The summed E-state index contributed by atoms with van der Waals surface area (Å²) in [5.41, 5.74) is 0. The zero-order valence-electron chi connectivity index (χ0n) is 11.1. The molecule has 1 rings (SSSR count). The molecule has 0 radical (unpaired) electrons. The van der Waals surface area contributed by atoms with Gasteiger partial charge in [-0.25, -0.2) is 0 Å². The van der Waals surface area contributed by atoms with Crippen LogP contribution in [0.5, 0.6) is 0 Å². The topological polar surface area (TPSA) is 29.5 Å². The molecule has 1 aromatic rings. The third kappa shape index (κ3) is 6.07. The molecule has 18 heavy (non-hydrogen) atoms. The van der Waals surface area contributed by atoms with Crippen molar-refractivity contribution < 1.29 is 9.53 Å². The number of carbonyl (C=O) groups excluding carboxylic acids is 1. The van der Waals surface area contributed by atoms with Crippen molar-refractivity contribution in [3.8, 4) is 0 Å². The summed E-state index contributed by atoms with van der Waals surface area (Å²) in [6.07, 6.45) is 1.05. The van der Waals surface area contributed by atoms with E-state index in [0.717, 1.165) is 25.3 Å². The summed E-state index contributed by atoms with van der Waals surface area (Å²) in [5, 5.41) is 0. The Hall–Kier alpha value is -1.00. The molecule has 0 spiro atoms. The number of methoxy groups -OCH3 is 1. The molecular weight excluding hydrogens is 246 g/mol. The Morgan fingerprint density at radius 3 is 2.61 bits per heavy atom. The highest BCUT2D eigenvalue weighted by molar-refractivity contribution is 7.99. The van der Waals surface area contributed by atoms with Crippen molar-refractivity contribution in [3.05, 3.63) is 30.3 Å². The second-order valence-corrected chi connectivity index (χ2v) is 5.18. The zero-order chi connectivity index (χ0) is 13.2. The first-order chi connectivity index (χ1) is 8.76. The van der Waals surface area contributed by atoms with Crippen LogP contribution in [0.15, 0.2) is 35.2 Å². The van der Waals surface area contributed by atoms with Crippen molar-refractivity contribution in [2.45, 2.75) is 18.2 Å². The molecule has 0 saturated carbocycles. The fourth-order valence-corrected chi connectivity index (χ4v) is 2.58. The van der Waals surface area contributed by atoms with Gasteiger partial charge in [0.2, 0.25) is 0 Å². The molecular formula is C14H21NO2S. The van der Waals surface area contributed by atoms with Crippen LogP contribution in [0.2, 0.25) is 0 Å². The molecule has 0 unspecified atom stereocenters. The number of hydrogen-bond acceptors (Lipinski definition) is 4. The van der Waals surface area contributed by atoms with E-state index in [4.69, 9.17) is 4.74 Å². The molecule has 3 nitrogen and oxygen atoms in total. The minimum absolute atomic E-state index is 0.159. The van der Waals surface area contributed by atoms with E-state index < -0.39 is 0 Å². The second kappa shape index (κ2) is 9.00. The number of esters is 1. The second-order valence-electron chi connectivity index (χ2n) is 4.01. The van der Waals surface area contributed by atoms with Crippen molar-refractivity contribution in [3.63, 3.8) is 0 Å². The third-order valence-electron chi connectivity index (χ3n) is 2.54. The lowest BCUT2D eigenvalue weighted by Gasteiger charge is -2.19. The van der Waals surface area contributed by atoms with E-state index in [0.29, 0.717) is 6.54 Å². The van der Waals surface area contributed by atoms with Crippen molar-refractivity contribution in [1.82, 2.24) is 4.90 Å². The summed E-state index contributed by atoms with van der Waals surface area (Å²) in [6.45, 7) is 4.35. The minimum atomic E-state index is -0.159. The molecule has 0 heterocycles. The van der Waals surface area contributed by atoms with Gasteiger partial charge in [0.1, 0.15) is 0 Å². The molecule has 0 N–H and O–H groups in total. The van der Waals surface area contributed by atoms with Crippen LogP contribution in [0, 0.1) is 0 Å². The molecule has 0 saturated heterocycles. The zero-order valence-corrected chi connectivity index (χ0v) is 11.9. The number of thioether (sulfide) groups is 1. The Morgan fingerprint density at radius 2 is 2.00 bits per heavy atom. The molecule has 100 valence electrons. The fourth-order valence-electron chi connectivity index (χ4n) is 1.64. The Labute approximate surface area is 114 Å². The van der Waals surface area contributed by atoms with Crippen LogP contribution in [0.3, 0.4) is 0 Å². The Balaban J connectivity index is 2.31. The van der Waals surface area contributed by atoms with Crippen LogP contribution in [0.25, 0.3) is 0 Å². The summed E-state index contributed by atoms with van der Waals surface area (Å²) in [7, 11) is 1.44. The number of carbonyl (C=O) groups is 1. The Kier molecular flexibility index (Phi) is 7.53. The van der Waals surface area contributed by atoms with E-state index >= 15 is 0 Å². The van der Waals surface area contributed by atoms with Crippen LogP contribution in [0.4, 0.5) is 0 Å². The molecule has 0 aliphatic heterocycles. The number of nitrogens with zero attached hydrogens (tertiary/aromatic N) is 1. The van der Waals surface area contributed by atoms with Crippen LogP contribution in [-0.2, 0) is 9.53 Å². The highest BCUT2D eigenvalue weighted by Gasteiger charge is 2.09. The van der Waals surface area contributed by atoms with Gasteiger partial charge in [-0.3, -0.25) is 9.69 Å². The SMILES string of the molecule is CCCN(CCSc1ccccc1)CC(=O)OC.